The summed E-state index contributed by atoms with van der Waals surface area (Å²) in [6, 6.07) is 59.3. The number of hydrogen-bond acceptors (Lipinski definition) is 0. The van der Waals surface area contributed by atoms with Crippen molar-refractivity contribution in [1.29, 1.82) is 0 Å². The quantitative estimate of drug-likeness (QED) is 0.179. The zero-order valence-corrected chi connectivity index (χ0v) is 25.0. The molecule has 0 fully saturated rings. The van der Waals surface area contributed by atoms with E-state index in [1.54, 1.807) is 0 Å². The Hall–Kier alpha value is -5.98. The summed E-state index contributed by atoms with van der Waals surface area (Å²) in [7, 11) is 0. The summed E-state index contributed by atoms with van der Waals surface area (Å²) in [5.41, 5.74) is 5.06. The molecule has 0 N–H and O–H groups in total. The van der Waals surface area contributed by atoms with Crippen molar-refractivity contribution in [1.82, 2.24) is 0 Å². The van der Waals surface area contributed by atoms with Gasteiger partial charge in [-0.2, -0.15) is 0 Å². The predicted molar refractivity (Wildman–Crippen MR) is 200 cm³/mol. The van der Waals surface area contributed by atoms with E-state index in [0.29, 0.717) is 0 Å². The second-order valence-corrected chi connectivity index (χ2v) is 12.9. The molecular weight excluding hydrogens is 553 g/mol. The van der Waals surface area contributed by atoms with Gasteiger partial charge in [0.05, 0.1) is 0 Å². The van der Waals surface area contributed by atoms with Crippen LogP contribution in [0.25, 0.3) is 108 Å². The van der Waals surface area contributed by atoms with Gasteiger partial charge in [-0.1, -0.05) is 133 Å². The maximum absolute atomic E-state index is 2.40. The largest absolute Gasteiger partial charge is 0.0610 e. The molecule has 0 spiro atoms. The fraction of sp³-hybridized carbons (Fsp3) is 0. The summed E-state index contributed by atoms with van der Waals surface area (Å²) in [5.74, 6) is 0. The molecule has 11 aromatic carbocycles. The Labute approximate surface area is 265 Å². The van der Waals surface area contributed by atoms with Crippen molar-refractivity contribution >= 4 is 86.2 Å². The molecule has 11 aromatic rings. The zero-order chi connectivity index (χ0) is 29.9. The van der Waals surface area contributed by atoms with Crippen LogP contribution in [0, 0.1) is 0 Å². The maximum Gasteiger partial charge on any atom is -0.00206 e. The highest BCUT2D eigenvalue weighted by Gasteiger charge is 2.14. The molecule has 0 bridgehead atoms. The summed E-state index contributed by atoms with van der Waals surface area (Å²) in [5, 5.41) is 21.0. The molecule has 0 amide bonds. The molecule has 0 saturated heterocycles. The van der Waals surface area contributed by atoms with Crippen LogP contribution < -0.4 is 0 Å². The van der Waals surface area contributed by atoms with Gasteiger partial charge in [0, 0.05) is 0 Å². The third kappa shape index (κ3) is 3.28. The van der Waals surface area contributed by atoms with E-state index in [-0.39, 0.29) is 0 Å². The highest BCUT2D eigenvalue weighted by atomic mass is 14.2. The Bertz CT molecular complexity index is 2940. The zero-order valence-electron chi connectivity index (χ0n) is 25.0. The van der Waals surface area contributed by atoms with Crippen LogP contribution in [-0.2, 0) is 0 Å². The third-order valence-electron chi connectivity index (χ3n) is 10.5. The molecule has 46 heavy (non-hydrogen) atoms. The van der Waals surface area contributed by atoms with Gasteiger partial charge in [-0.3, -0.25) is 0 Å². The first-order chi connectivity index (χ1) is 22.8. The van der Waals surface area contributed by atoms with Crippen LogP contribution in [0.15, 0.2) is 158 Å². The van der Waals surface area contributed by atoms with Crippen molar-refractivity contribution in [2.24, 2.45) is 0 Å². The van der Waals surface area contributed by atoms with Crippen LogP contribution in [0.3, 0.4) is 0 Å². The summed E-state index contributed by atoms with van der Waals surface area (Å²) < 4.78 is 0. The Morgan fingerprint density at radius 3 is 1.39 bits per heavy atom. The Morgan fingerprint density at radius 2 is 0.674 bits per heavy atom. The molecular formula is C46H26. The van der Waals surface area contributed by atoms with Crippen LogP contribution in [0.2, 0.25) is 0 Å². The topological polar surface area (TPSA) is 0 Å². The van der Waals surface area contributed by atoms with E-state index in [0.717, 1.165) is 0 Å². The van der Waals surface area contributed by atoms with Crippen LogP contribution in [-0.4, -0.2) is 0 Å². The molecule has 0 saturated carbocycles. The molecule has 0 aliphatic carbocycles. The van der Waals surface area contributed by atoms with E-state index in [4.69, 9.17) is 0 Å². The first-order valence-corrected chi connectivity index (χ1v) is 16.1. The van der Waals surface area contributed by atoms with Crippen LogP contribution >= 0.6 is 0 Å². The molecule has 0 unspecified atom stereocenters. The van der Waals surface area contributed by atoms with Crippen molar-refractivity contribution in [3.63, 3.8) is 0 Å². The number of fused-ring (bicyclic) bond motifs is 3. The molecule has 0 heterocycles. The average Bonchev–Trinajstić information content (AvgIpc) is 3.12. The minimum absolute atomic E-state index is 1.25. The fourth-order valence-electron chi connectivity index (χ4n) is 8.31. The first kappa shape index (κ1) is 24.4. The molecule has 0 heteroatoms. The lowest BCUT2D eigenvalue weighted by Crippen LogP contribution is -1.88. The van der Waals surface area contributed by atoms with E-state index in [9.17, 15) is 0 Å². The molecule has 0 radical (unpaired) electrons. The molecule has 0 nitrogen and oxygen atoms in total. The molecule has 0 atom stereocenters. The minimum atomic E-state index is 1.25. The van der Waals surface area contributed by atoms with Crippen LogP contribution in [0.1, 0.15) is 0 Å². The van der Waals surface area contributed by atoms with Crippen molar-refractivity contribution in [3.8, 4) is 22.3 Å². The molecule has 0 aliphatic rings. The smallest absolute Gasteiger partial charge is 0.00206 e. The van der Waals surface area contributed by atoms with Crippen molar-refractivity contribution in [3.05, 3.63) is 158 Å². The second-order valence-electron chi connectivity index (χ2n) is 12.9. The standard InChI is InChI=1S/C46H26/c1-3-28-11-15-36-24-38(25-37-16-12-29(4-1)43(28)45(36)37)33-19-21-40-34(23-33)13-7-27-8-14-35(26-42(27)40)39-20-17-32-10-9-30-5-2-6-31-18-22-41(39)46(32)44(30)31/h1-26H. The van der Waals surface area contributed by atoms with E-state index in [1.807, 2.05) is 0 Å². The average molecular weight is 579 g/mol. The van der Waals surface area contributed by atoms with Crippen LogP contribution in [0.5, 0.6) is 0 Å². The van der Waals surface area contributed by atoms with Gasteiger partial charge in [-0.05, 0) is 133 Å². The lowest BCUT2D eigenvalue weighted by atomic mass is 9.88. The summed E-state index contributed by atoms with van der Waals surface area (Å²) in [6.07, 6.45) is 0. The highest BCUT2D eigenvalue weighted by Crippen LogP contribution is 2.42. The van der Waals surface area contributed by atoms with Crippen molar-refractivity contribution in [2.75, 3.05) is 0 Å². The van der Waals surface area contributed by atoms with E-state index < -0.39 is 0 Å². The van der Waals surface area contributed by atoms with Gasteiger partial charge in [0.15, 0.2) is 0 Å². The molecule has 210 valence electrons. The highest BCUT2D eigenvalue weighted by molar-refractivity contribution is 6.26. The molecule has 11 rings (SSSR count). The van der Waals surface area contributed by atoms with Gasteiger partial charge < -0.3 is 0 Å². The summed E-state index contributed by atoms with van der Waals surface area (Å²) in [4.78, 5) is 0. The summed E-state index contributed by atoms with van der Waals surface area (Å²) >= 11 is 0. The normalized spacial score (nSPS) is 12.3. The Morgan fingerprint density at radius 1 is 0.217 bits per heavy atom. The minimum Gasteiger partial charge on any atom is -0.0610 e. The molecule has 0 aliphatic heterocycles. The van der Waals surface area contributed by atoms with E-state index in [1.165, 1.54) is 108 Å². The Kier molecular flexibility index (Phi) is 4.66. The number of rotatable bonds is 2. The van der Waals surface area contributed by atoms with E-state index >= 15 is 0 Å². The lowest BCUT2D eigenvalue weighted by Gasteiger charge is -2.15. The Balaban J connectivity index is 1.08. The van der Waals surface area contributed by atoms with Gasteiger partial charge in [0.1, 0.15) is 0 Å². The van der Waals surface area contributed by atoms with Crippen molar-refractivity contribution in [2.45, 2.75) is 0 Å². The van der Waals surface area contributed by atoms with Gasteiger partial charge in [-0.25, -0.2) is 0 Å². The van der Waals surface area contributed by atoms with Gasteiger partial charge >= 0.3 is 0 Å². The van der Waals surface area contributed by atoms with Gasteiger partial charge in [-0.15, -0.1) is 0 Å². The van der Waals surface area contributed by atoms with Gasteiger partial charge in [0.25, 0.3) is 0 Å². The number of benzene rings is 11. The first-order valence-electron chi connectivity index (χ1n) is 16.1. The maximum atomic E-state index is 2.40. The molecule has 0 aromatic heterocycles. The SMILES string of the molecule is c1cc2ccc3cc(-c4ccc5c(ccc6ccc(-c7ccc8ccc9cccc%10ccc7c8c9%10)cc65)c4)cc4ccc(c1)c2c34. The fourth-order valence-corrected chi connectivity index (χ4v) is 8.31. The third-order valence-corrected chi connectivity index (χ3v) is 10.5. The second kappa shape index (κ2) is 8.81. The monoisotopic (exact) mass is 578 g/mol. The predicted octanol–water partition coefficient (Wildman–Crippen LogP) is 13.1. The van der Waals surface area contributed by atoms with Crippen LogP contribution in [0.4, 0.5) is 0 Å². The lowest BCUT2D eigenvalue weighted by molar-refractivity contribution is 1.69. The number of hydrogen-bond donors (Lipinski definition) is 0. The van der Waals surface area contributed by atoms with E-state index in [2.05, 4.69) is 158 Å². The van der Waals surface area contributed by atoms with Crippen molar-refractivity contribution < 1.29 is 0 Å². The summed E-state index contributed by atoms with van der Waals surface area (Å²) in [6.45, 7) is 0. The van der Waals surface area contributed by atoms with Gasteiger partial charge in [0.2, 0.25) is 0 Å².